The fraction of sp³-hybridized carbons (Fsp3) is 0.103. The number of carbonyl (C=O) groups excluding carboxylic acids is 3. The lowest BCUT2D eigenvalue weighted by Gasteiger charge is -2.18. The number of nitrogens with one attached hydrogen (secondary N) is 3. The average molecular weight is 662 g/mol. The summed E-state index contributed by atoms with van der Waals surface area (Å²) < 4.78 is 31.3. The third-order valence-electron chi connectivity index (χ3n) is 6.06. The summed E-state index contributed by atoms with van der Waals surface area (Å²) in [5.74, 6) is -1.27. The number of ether oxygens (including phenoxy) is 1. The van der Waals surface area contributed by atoms with Gasteiger partial charge in [0.25, 0.3) is 5.91 Å². The lowest BCUT2D eigenvalue weighted by molar-refractivity contribution is -0.142. The van der Waals surface area contributed by atoms with Crippen molar-refractivity contribution in [1.29, 1.82) is 0 Å². The fourth-order valence-electron chi connectivity index (χ4n) is 3.99. The van der Waals surface area contributed by atoms with E-state index in [1.165, 1.54) is 49.8 Å². The number of rotatable bonds is 9. The molecule has 1 aromatic heterocycles. The molecular weight excluding hydrogens is 639 g/mol. The second-order valence-electron chi connectivity index (χ2n) is 8.96. The van der Waals surface area contributed by atoms with E-state index >= 15 is 0 Å². The van der Waals surface area contributed by atoms with Gasteiger partial charge in [-0.2, -0.15) is 0 Å². The van der Waals surface area contributed by atoms with E-state index in [1.54, 1.807) is 42.5 Å². The minimum Gasteiger partial charge on any atom is -0.467 e. The van der Waals surface area contributed by atoms with Crippen LogP contribution in [0.1, 0.15) is 15.9 Å². The van der Waals surface area contributed by atoms with Crippen molar-refractivity contribution in [1.82, 2.24) is 10.3 Å². The summed E-state index contributed by atoms with van der Waals surface area (Å²) in [5.41, 5.74) is 1.03. The van der Waals surface area contributed by atoms with E-state index in [0.717, 1.165) is 0 Å². The Hall–Kier alpha value is -4.16. The molecule has 0 aliphatic heterocycles. The molecule has 0 aliphatic rings. The van der Waals surface area contributed by atoms with Crippen molar-refractivity contribution in [2.24, 2.45) is 0 Å². The van der Waals surface area contributed by atoms with Gasteiger partial charge in [-0.05, 0) is 48.0 Å². The Bertz CT molecular complexity index is 1750. The molecule has 0 radical (unpaired) electrons. The molecule has 0 aliphatic carbocycles. The molecule has 3 N–H and O–H groups in total. The molecule has 3 aromatic carbocycles. The molecule has 14 heteroatoms. The maximum atomic E-state index is 13.2. The number of benzene rings is 3. The molecule has 10 nitrogen and oxygen atoms in total. The molecule has 0 spiro atoms. The standard InChI is InChI=1S/C29H23Cl3N4O6S/c1-42-28(38)24(13-17-7-10-19(11-8-17)34-27(37)26-21(31)15-33-16-22(26)32)36-29(39)35-23-14-18(30)9-12-25(23)43(40,41)20-5-3-2-4-6-20/h2-12,14-16,24H,13H2,1H3,(H,34,37)(H2,35,36,39). The smallest absolute Gasteiger partial charge is 0.328 e. The highest BCUT2D eigenvalue weighted by Gasteiger charge is 2.26. The van der Waals surface area contributed by atoms with Gasteiger partial charge in [0, 0.05) is 29.5 Å². The van der Waals surface area contributed by atoms with Crippen LogP contribution in [0.4, 0.5) is 16.2 Å². The van der Waals surface area contributed by atoms with Crippen LogP contribution in [0.15, 0.2) is 95.0 Å². The number of urea groups is 1. The quantitative estimate of drug-likeness (QED) is 0.186. The molecule has 1 unspecified atom stereocenters. The zero-order valence-electron chi connectivity index (χ0n) is 22.3. The van der Waals surface area contributed by atoms with Crippen LogP contribution >= 0.6 is 34.8 Å². The largest absolute Gasteiger partial charge is 0.467 e. The van der Waals surface area contributed by atoms with E-state index < -0.39 is 33.8 Å². The highest BCUT2D eigenvalue weighted by molar-refractivity contribution is 7.91. The minimum atomic E-state index is -4.01. The monoisotopic (exact) mass is 660 g/mol. The molecule has 0 bridgehead atoms. The van der Waals surface area contributed by atoms with E-state index in [-0.39, 0.29) is 42.5 Å². The van der Waals surface area contributed by atoms with Crippen molar-refractivity contribution in [2.75, 3.05) is 17.7 Å². The van der Waals surface area contributed by atoms with Gasteiger partial charge in [-0.25, -0.2) is 18.0 Å². The van der Waals surface area contributed by atoms with E-state index in [4.69, 9.17) is 39.5 Å². The Morgan fingerprint density at radius 1 is 0.884 bits per heavy atom. The lowest BCUT2D eigenvalue weighted by atomic mass is 10.1. The van der Waals surface area contributed by atoms with Crippen molar-refractivity contribution >= 4 is 73.9 Å². The number of methoxy groups -OCH3 is 1. The molecule has 0 fully saturated rings. The molecule has 4 aromatic rings. The van der Waals surface area contributed by atoms with Crippen molar-refractivity contribution in [3.63, 3.8) is 0 Å². The van der Waals surface area contributed by atoms with Crippen LogP contribution in [-0.4, -0.2) is 44.5 Å². The Labute approximate surface area is 262 Å². The number of halogens is 3. The molecular formula is C29H23Cl3N4O6S. The van der Waals surface area contributed by atoms with Crippen LogP contribution in [0, 0.1) is 0 Å². The second kappa shape index (κ2) is 13.9. The number of esters is 1. The first-order chi connectivity index (χ1) is 20.5. The number of nitrogens with zero attached hydrogens (tertiary/aromatic N) is 1. The van der Waals surface area contributed by atoms with Crippen LogP contribution in [0.2, 0.25) is 15.1 Å². The fourth-order valence-corrected chi connectivity index (χ4v) is 6.12. The Morgan fingerprint density at radius 2 is 1.53 bits per heavy atom. The summed E-state index contributed by atoms with van der Waals surface area (Å²) in [6.45, 7) is 0. The highest BCUT2D eigenvalue weighted by atomic mass is 35.5. The predicted octanol–water partition coefficient (Wildman–Crippen LogP) is 6.03. The molecule has 222 valence electrons. The topological polar surface area (TPSA) is 144 Å². The summed E-state index contributed by atoms with van der Waals surface area (Å²) in [6, 6.07) is 16.1. The van der Waals surface area contributed by atoms with Crippen LogP contribution in [-0.2, 0) is 25.8 Å². The first-order valence-electron chi connectivity index (χ1n) is 12.4. The van der Waals surface area contributed by atoms with Gasteiger partial charge < -0.3 is 20.7 Å². The number of amides is 3. The Kier molecular flexibility index (Phi) is 10.3. The summed E-state index contributed by atoms with van der Waals surface area (Å²) >= 11 is 18.2. The van der Waals surface area contributed by atoms with Gasteiger partial charge in [0.15, 0.2) is 0 Å². The van der Waals surface area contributed by atoms with E-state index in [9.17, 15) is 22.8 Å². The normalized spacial score (nSPS) is 11.7. The number of aromatic nitrogens is 1. The predicted molar refractivity (Wildman–Crippen MR) is 164 cm³/mol. The molecule has 4 rings (SSSR count). The van der Waals surface area contributed by atoms with E-state index in [2.05, 4.69) is 20.9 Å². The molecule has 1 heterocycles. The maximum Gasteiger partial charge on any atom is 0.328 e. The Morgan fingerprint density at radius 3 is 2.16 bits per heavy atom. The zero-order chi connectivity index (χ0) is 31.1. The van der Waals surface area contributed by atoms with Crippen LogP contribution < -0.4 is 16.0 Å². The second-order valence-corrected chi connectivity index (χ2v) is 12.1. The molecule has 0 saturated heterocycles. The van der Waals surface area contributed by atoms with Gasteiger partial charge in [0.1, 0.15) is 6.04 Å². The summed E-state index contributed by atoms with van der Waals surface area (Å²) in [7, 11) is -2.83. The molecule has 3 amide bonds. The van der Waals surface area contributed by atoms with Gasteiger partial charge in [0.2, 0.25) is 9.84 Å². The number of carbonyl (C=O) groups is 3. The van der Waals surface area contributed by atoms with Crippen molar-refractivity contribution in [2.45, 2.75) is 22.3 Å². The third-order valence-corrected chi connectivity index (χ3v) is 8.69. The molecule has 0 saturated carbocycles. The van der Waals surface area contributed by atoms with Gasteiger partial charge in [-0.15, -0.1) is 0 Å². The first-order valence-corrected chi connectivity index (χ1v) is 15.1. The van der Waals surface area contributed by atoms with Crippen LogP contribution in [0.5, 0.6) is 0 Å². The Balaban J connectivity index is 1.48. The SMILES string of the molecule is COC(=O)C(Cc1ccc(NC(=O)c2c(Cl)cncc2Cl)cc1)NC(=O)Nc1cc(Cl)ccc1S(=O)(=O)c1ccccc1. The lowest BCUT2D eigenvalue weighted by Crippen LogP contribution is -2.45. The van der Waals surface area contributed by atoms with Crippen LogP contribution in [0.3, 0.4) is 0 Å². The van der Waals surface area contributed by atoms with Crippen LogP contribution in [0.25, 0.3) is 0 Å². The maximum absolute atomic E-state index is 13.2. The third kappa shape index (κ3) is 7.82. The van der Waals surface area contributed by atoms with Gasteiger partial charge >= 0.3 is 12.0 Å². The van der Waals surface area contributed by atoms with Crippen molar-refractivity contribution < 1.29 is 27.5 Å². The number of anilines is 2. The highest BCUT2D eigenvalue weighted by Crippen LogP contribution is 2.30. The number of hydrogen-bond acceptors (Lipinski definition) is 7. The van der Waals surface area contributed by atoms with Gasteiger partial charge in [-0.1, -0.05) is 65.1 Å². The number of hydrogen-bond donors (Lipinski definition) is 3. The van der Waals surface area contributed by atoms with Crippen molar-refractivity contribution in [3.8, 4) is 0 Å². The number of pyridine rings is 1. The number of sulfone groups is 1. The zero-order valence-corrected chi connectivity index (χ0v) is 25.4. The van der Waals surface area contributed by atoms with Gasteiger partial charge in [0.05, 0.1) is 38.2 Å². The summed E-state index contributed by atoms with van der Waals surface area (Å²) in [4.78, 5) is 41.8. The van der Waals surface area contributed by atoms with E-state index in [0.29, 0.717) is 11.3 Å². The first kappa shape index (κ1) is 31.8. The molecule has 43 heavy (non-hydrogen) atoms. The average Bonchev–Trinajstić information content (AvgIpc) is 2.97. The van der Waals surface area contributed by atoms with Gasteiger partial charge in [-0.3, -0.25) is 9.78 Å². The van der Waals surface area contributed by atoms with Crippen molar-refractivity contribution in [3.05, 3.63) is 111 Å². The molecule has 1 atom stereocenters. The summed E-state index contributed by atoms with van der Waals surface area (Å²) in [5, 5.41) is 8.05. The minimum absolute atomic E-state index is 0.0149. The van der Waals surface area contributed by atoms with E-state index in [1.807, 2.05) is 0 Å². The summed E-state index contributed by atoms with van der Waals surface area (Å²) in [6.07, 6.45) is 2.62.